The Labute approximate surface area is 191 Å². The van der Waals surface area contributed by atoms with Crippen molar-refractivity contribution in [3.8, 4) is 0 Å². The van der Waals surface area contributed by atoms with Crippen molar-refractivity contribution in [2.45, 2.75) is 62.4 Å². The maximum atomic E-state index is 12.9. The Balaban J connectivity index is 1.39. The number of nitrogens with one attached hydrogen (secondary N) is 1. The van der Waals surface area contributed by atoms with Crippen LogP contribution in [-0.4, -0.2) is 58.6 Å². The highest BCUT2D eigenvalue weighted by Crippen LogP contribution is 2.26. The minimum absolute atomic E-state index is 0.00963. The van der Waals surface area contributed by atoms with Gasteiger partial charge >= 0.3 is 6.01 Å². The lowest BCUT2D eigenvalue weighted by molar-refractivity contribution is -0.139. The normalized spacial score (nSPS) is 17.7. The summed E-state index contributed by atoms with van der Waals surface area (Å²) in [6, 6.07) is 5.42. The number of carbonyl (C=O) groups is 3. The molecule has 1 saturated carbocycles. The molecule has 1 aromatic carbocycles. The summed E-state index contributed by atoms with van der Waals surface area (Å²) >= 11 is 0. The first-order chi connectivity index (χ1) is 15.8. The summed E-state index contributed by atoms with van der Waals surface area (Å²) in [4.78, 5) is 37.0. The van der Waals surface area contributed by atoms with E-state index in [1.807, 2.05) is 0 Å². The first-order valence-corrected chi connectivity index (χ1v) is 12.2. The largest absolute Gasteiger partial charge is 0.406 e. The molecule has 1 aliphatic carbocycles. The van der Waals surface area contributed by atoms with Crippen LogP contribution < -0.4 is 5.32 Å². The third-order valence-corrected chi connectivity index (χ3v) is 7.94. The molecule has 0 unspecified atom stereocenters. The monoisotopic (exact) mass is 475 g/mol. The molecule has 2 fully saturated rings. The molecule has 1 saturated heterocycles. The molecule has 1 N–H and O–H groups in total. The van der Waals surface area contributed by atoms with Crippen molar-refractivity contribution in [2.75, 3.05) is 12.4 Å². The molecule has 0 spiro atoms. The highest BCUT2D eigenvalue weighted by molar-refractivity contribution is 7.89. The maximum Gasteiger partial charge on any atom is 0.322 e. The van der Waals surface area contributed by atoms with Gasteiger partial charge in [0.25, 0.3) is 5.91 Å². The van der Waals surface area contributed by atoms with Crippen LogP contribution in [0.5, 0.6) is 0 Å². The second-order valence-corrected chi connectivity index (χ2v) is 10.2. The fourth-order valence-corrected chi connectivity index (χ4v) is 5.47. The Bertz CT molecular complexity index is 1140. The van der Waals surface area contributed by atoms with Gasteiger partial charge in [0, 0.05) is 31.5 Å². The Morgan fingerprint density at radius 1 is 1.09 bits per heavy atom. The SMILES string of the molecule is CN(C1CCCCC1)S(=O)(=O)c1ccc(C(=O)Nc2nnc(CN3C(=O)CCC3=O)o2)cc1. The van der Waals surface area contributed by atoms with Crippen LogP contribution >= 0.6 is 0 Å². The number of benzene rings is 1. The third-order valence-electron chi connectivity index (χ3n) is 6.02. The second-order valence-electron chi connectivity index (χ2n) is 8.17. The second kappa shape index (κ2) is 9.40. The zero-order valence-electron chi connectivity index (χ0n) is 18.2. The fraction of sp³-hybridized carbons (Fsp3) is 0.476. The molecule has 1 aliphatic heterocycles. The van der Waals surface area contributed by atoms with E-state index in [-0.39, 0.29) is 59.6 Å². The van der Waals surface area contributed by atoms with E-state index in [0.29, 0.717) is 0 Å². The van der Waals surface area contributed by atoms with Crippen LogP contribution in [-0.2, 0) is 26.2 Å². The van der Waals surface area contributed by atoms with Crippen molar-refractivity contribution in [1.82, 2.24) is 19.4 Å². The molecule has 33 heavy (non-hydrogen) atoms. The van der Waals surface area contributed by atoms with Crippen LogP contribution in [0.1, 0.15) is 61.2 Å². The number of likely N-dealkylation sites (tertiary alicyclic amines) is 1. The van der Waals surface area contributed by atoms with Crippen molar-refractivity contribution in [1.29, 1.82) is 0 Å². The van der Waals surface area contributed by atoms with Crippen LogP contribution in [0, 0.1) is 0 Å². The Morgan fingerprint density at radius 3 is 2.36 bits per heavy atom. The molecule has 2 aromatic rings. The summed E-state index contributed by atoms with van der Waals surface area (Å²) in [6.45, 7) is -0.151. The average molecular weight is 476 g/mol. The van der Waals surface area contributed by atoms with Crippen molar-refractivity contribution < 1.29 is 27.2 Å². The van der Waals surface area contributed by atoms with E-state index in [1.54, 1.807) is 7.05 Å². The molecule has 0 bridgehead atoms. The maximum absolute atomic E-state index is 12.9. The summed E-state index contributed by atoms with van der Waals surface area (Å²) in [5.74, 6) is -1.18. The number of aromatic nitrogens is 2. The number of hydrogen-bond donors (Lipinski definition) is 1. The number of rotatable bonds is 7. The number of sulfonamides is 1. The quantitative estimate of drug-likeness (QED) is 0.599. The number of imide groups is 1. The zero-order valence-corrected chi connectivity index (χ0v) is 19.0. The predicted octanol–water partition coefficient (Wildman–Crippen LogP) is 1.92. The molecular weight excluding hydrogens is 450 g/mol. The van der Waals surface area contributed by atoms with Gasteiger partial charge in [-0.15, -0.1) is 5.10 Å². The lowest BCUT2D eigenvalue weighted by atomic mass is 9.96. The summed E-state index contributed by atoms with van der Waals surface area (Å²) in [6.07, 6.45) is 5.17. The van der Waals surface area contributed by atoms with Crippen LogP contribution in [0.4, 0.5) is 6.01 Å². The molecule has 12 heteroatoms. The number of carbonyl (C=O) groups excluding carboxylic acids is 3. The molecule has 4 rings (SSSR count). The van der Waals surface area contributed by atoms with E-state index < -0.39 is 15.9 Å². The van der Waals surface area contributed by atoms with Gasteiger partial charge in [-0.2, -0.15) is 4.31 Å². The zero-order chi connectivity index (χ0) is 23.6. The lowest BCUT2D eigenvalue weighted by Gasteiger charge is -2.30. The molecular formula is C21H25N5O6S. The number of amides is 3. The Hall–Kier alpha value is -3.12. The molecule has 11 nitrogen and oxygen atoms in total. The molecule has 0 radical (unpaired) electrons. The van der Waals surface area contributed by atoms with Crippen LogP contribution in [0.15, 0.2) is 33.6 Å². The van der Waals surface area contributed by atoms with E-state index in [2.05, 4.69) is 15.5 Å². The minimum atomic E-state index is -3.66. The minimum Gasteiger partial charge on any atom is -0.406 e. The van der Waals surface area contributed by atoms with E-state index in [9.17, 15) is 22.8 Å². The van der Waals surface area contributed by atoms with E-state index >= 15 is 0 Å². The van der Waals surface area contributed by atoms with Gasteiger partial charge in [0.2, 0.25) is 27.7 Å². The smallest absolute Gasteiger partial charge is 0.322 e. The van der Waals surface area contributed by atoms with Crippen LogP contribution in [0.2, 0.25) is 0 Å². The van der Waals surface area contributed by atoms with Crippen LogP contribution in [0.3, 0.4) is 0 Å². The fourth-order valence-electron chi connectivity index (χ4n) is 4.06. The van der Waals surface area contributed by atoms with Crippen molar-refractivity contribution in [3.05, 3.63) is 35.7 Å². The first-order valence-electron chi connectivity index (χ1n) is 10.8. The number of anilines is 1. The number of nitrogens with zero attached hydrogens (tertiary/aromatic N) is 4. The van der Waals surface area contributed by atoms with Crippen molar-refractivity contribution in [2.24, 2.45) is 0 Å². The molecule has 1 aromatic heterocycles. The van der Waals surface area contributed by atoms with Gasteiger partial charge in [-0.3, -0.25) is 24.6 Å². The predicted molar refractivity (Wildman–Crippen MR) is 115 cm³/mol. The van der Waals surface area contributed by atoms with Gasteiger partial charge in [-0.1, -0.05) is 24.4 Å². The van der Waals surface area contributed by atoms with Gasteiger partial charge in [0.1, 0.15) is 6.54 Å². The van der Waals surface area contributed by atoms with Gasteiger partial charge in [-0.05, 0) is 37.1 Å². The highest BCUT2D eigenvalue weighted by Gasteiger charge is 2.31. The Morgan fingerprint density at radius 2 is 1.73 bits per heavy atom. The molecule has 2 heterocycles. The first kappa shape index (κ1) is 23.1. The molecule has 2 aliphatic rings. The summed E-state index contributed by atoms with van der Waals surface area (Å²) in [5.41, 5.74) is 0.207. The van der Waals surface area contributed by atoms with Gasteiger partial charge < -0.3 is 4.42 Å². The standard InChI is InChI=1S/C21H25N5O6S/c1-25(15-5-3-2-4-6-15)33(30,31)16-9-7-14(8-10-16)20(29)22-21-24-23-17(32-21)13-26-18(27)11-12-19(26)28/h7-10,15H,2-6,11-13H2,1H3,(H,22,24,29). The molecule has 3 amide bonds. The van der Waals surface area contributed by atoms with Gasteiger partial charge in [0.05, 0.1) is 4.90 Å². The molecule has 0 atom stereocenters. The lowest BCUT2D eigenvalue weighted by Crippen LogP contribution is -2.38. The third kappa shape index (κ3) is 4.96. The highest BCUT2D eigenvalue weighted by atomic mass is 32.2. The summed E-state index contributed by atoms with van der Waals surface area (Å²) in [5, 5.41) is 9.88. The summed E-state index contributed by atoms with van der Waals surface area (Å²) in [7, 11) is -2.06. The van der Waals surface area contributed by atoms with Crippen LogP contribution in [0.25, 0.3) is 0 Å². The van der Waals surface area contributed by atoms with Crippen molar-refractivity contribution in [3.63, 3.8) is 0 Å². The number of hydrogen-bond acceptors (Lipinski definition) is 8. The van der Waals surface area contributed by atoms with Gasteiger partial charge in [0.15, 0.2) is 0 Å². The molecule has 176 valence electrons. The summed E-state index contributed by atoms with van der Waals surface area (Å²) < 4.78 is 32.6. The van der Waals surface area contributed by atoms with Gasteiger partial charge in [-0.25, -0.2) is 8.42 Å². The van der Waals surface area contributed by atoms with E-state index in [1.165, 1.54) is 28.6 Å². The van der Waals surface area contributed by atoms with Crippen molar-refractivity contribution >= 4 is 33.8 Å². The topological polar surface area (TPSA) is 143 Å². The van der Waals surface area contributed by atoms with E-state index in [4.69, 9.17) is 4.42 Å². The average Bonchev–Trinajstić information content (AvgIpc) is 3.40. The Kier molecular flexibility index (Phi) is 6.56. The van der Waals surface area contributed by atoms with E-state index in [0.717, 1.165) is 37.0 Å².